The van der Waals surface area contributed by atoms with Crippen LogP contribution in [0.2, 0.25) is 5.02 Å². The molecule has 0 bridgehead atoms. The SMILES string of the molecule is Cc1ccc(CC2CCN(C(=O)c3ccncc3Cl)C2)cc1F. The highest BCUT2D eigenvalue weighted by Gasteiger charge is 2.28. The molecule has 1 unspecified atom stereocenters. The normalized spacial score (nSPS) is 17.5. The van der Waals surface area contributed by atoms with Gasteiger partial charge in [-0.1, -0.05) is 23.7 Å². The van der Waals surface area contributed by atoms with E-state index in [0.717, 1.165) is 18.4 Å². The largest absolute Gasteiger partial charge is 0.338 e. The fraction of sp³-hybridized carbons (Fsp3) is 0.333. The number of carbonyl (C=O) groups is 1. The Labute approximate surface area is 140 Å². The van der Waals surface area contributed by atoms with E-state index >= 15 is 0 Å². The van der Waals surface area contributed by atoms with Crippen molar-refractivity contribution in [3.05, 3.63) is 64.2 Å². The molecule has 5 heteroatoms. The zero-order valence-corrected chi connectivity index (χ0v) is 13.7. The first-order valence-corrected chi connectivity index (χ1v) is 8.06. The highest BCUT2D eigenvalue weighted by atomic mass is 35.5. The van der Waals surface area contributed by atoms with Crippen LogP contribution in [0.15, 0.2) is 36.7 Å². The van der Waals surface area contributed by atoms with Crippen molar-refractivity contribution in [1.29, 1.82) is 0 Å². The predicted molar refractivity (Wildman–Crippen MR) is 88.1 cm³/mol. The molecule has 2 heterocycles. The molecule has 1 aliphatic heterocycles. The molecule has 3 rings (SSSR count). The average Bonchev–Trinajstić information content (AvgIpc) is 2.99. The lowest BCUT2D eigenvalue weighted by atomic mass is 9.98. The molecular weight excluding hydrogens is 315 g/mol. The van der Waals surface area contributed by atoms with Gasteiger partial charge in [0.25, 0.3) is 5.91 Å². The Bertz CT molecular complexity index is 735. The van der Waals surface area contributed by atoms with E-state index in [4.69, 9.17) is 11.6 Å². The molecule has 1 fully saturated rings. The third-order valence-electron chi connectivity index (χ3n) is 4.34. The monoisotopic (exact) mass is 332 g/mol. The van der Waals surface area contributed by atoms with E-state index in [1.165, 1.54) is 6.20 Å². The second-order valence-electron chi connectivity index (χ2n) is 6.05. The lowest BCUT2D eigenvalue weighted by Crippen LogP contribution is -2.29. The number of benzene rings is 1. The highest BCUT2D eigenvalue weighted by molar-refractivity contribution is 6.33. The number of hydrogen-bond donors (Lipinski definition) is 0. The van der Waals surface area contributed by atoms with Crippen LogP contribution in [0.25, 0.3) is 0 Å². The Morgan fingerprint density at radius 3 is 3.00 bits per heavy atom. The quantitative estimate of drug-likeness (QED) is 0.854. The molecule has 1 saturated heterocycles. The minimum absolute atomic E-state index is 0.0602. The van der Waals surface area contributed by atoms with Crippen LogP contribution in [0.4, 0.5) is 4.39 Å². The first-order valence-electron chi connectivity index (χ1n) is 7.68. The van der Waals surface area contributed by atoms with Crippen molar-refractivity contribution in [2.24, 2.45) is 5.92 Å². The maximum absolute atomic E-state index is 13.6. The van der Waals surface area contributed by atoms with Crippen LogP contribution >= 0.6 is 11.6 Å². The molecule has 3 nitrogen and oxygen atoms in total. The Morgan fingerprint density at radius 1 is 1.43 bits per heavy atom. The van der Waals surface area contributed by atoms with E-state index in [2.05, 4.69) is 4.98 Å². The van der Waals surface area contributed by atoms with Gasteiger partial charge in [0.15, 0.2) is 0 Å². The third kappa shape index (κ3) is 3.53. The number of likely N-dealkylation sites (tertiary alicyclic amines) is 1. The molecular formula is C18H18ClFN2O. The zero-order chi connectivity index (χ0) is 16.4. The summed E-state index contributed by atoms with van der Waals surface area (Å²) >= 11 is 6.04. The Balaban J connectivity index is 1.65. The predicted octanol–water partition coefficient (Wildman–Crippen LogP) is 3.89. The summed E-state index contributed by atoms with van der Waals surface area (Å²) in [6.45, 7) is 3.14. The standard InChI is InChI=1S/C18H18ClFN2O/c1-12-2-3-13(9-17(12)20)8-14-5-7-22(11-14)18(23)15-4-6-21-10-16(15)19/h2-4,6,9-10,14H,5,7-8,11H2,1H3. The molecule has 120 valence electrons. The average molecular weight is 333 g/mol. The van der Waals surface area contributed by atoms with Crippen molar-refractivity contribution in [3.63, 3.8) is 0 Å². The molecule has 1 aliphatic rings. The number of halogens is 2. The molecule has 0 N–H and O–H groups in total. The maximum Gasteiger partial charge on any atom is 0.255 e. The fourth-order valence-corrected chi connectivity index (χ4v) is 3.20. The summed E-state index contributed by atoms with van der Waals surface area (Å²) in [7, 11) is 0. The molecule has 2 aromatic rings. The summed E-state index contributed by atoms with van der Waals surface area (Å²) in [6, 6.07) is 7.01. The van der Waals surface area contributed by atoms with Crippen LogP contribution in [-0.4, -0.2) is 28.9 Å². The van der Waals surface area contributed by atoms with Crippen LogP contribution in [-0.2, 0) is 6.42 Å². The Kier molecular flexibility index (Phi) is 4.62. The molecule has 1 atom stereocenters. The number of carbonyl (C=O) groups excluding carboxylic acids is 1. The number of rotatable bonds is 3. The van der Waals surface area contributed by atoms with Gasteiger partial charge in [0.1, 0.15) is 5.82 Å². The second-order valence-corrected chi connectivity index (χ2v) is 6.46. The van der Waals surface area contributed by atoms with Crippen molar-refractivity contribution in [3.8, 4) is 0 Å². The van der Waals surface area contributed by atoms with Crippen molar-refractivity contribution in [2.75, 3.05) is 13.1 Å². The number of aryl methyl sites for hydroxylation is 1. The highest BCUT2D eigenvalue weighted by Crippen LogP contribution is 2.25. The van der Waals surface area contributed by atoms with Gasteiger partial charge in [-0.15, -0.1) is 0 Å². The van der Waals surface area contributed by atoms with E-state index < -0.39 is 0 Å². The minimum atomic E-state index is -0.169. The first-order chi connectivity index (χ1) is 11.0. The van der Waals surface area contributed by atoms with E-state index in [1.54, 1.807) is 31.3 Å². The fourth-order valence-electron chi connectivity index (χ4n) is 3.00. The topological polar surface area (TPSA) is 33.2 Å². The molecule has 0 spiro atoms. The molecule has 1 aromatic heterocycles. The van der Waals surface area contributed by atoms with Crippen molar-refractivity contribution in [1.82, 2.24) is 9.88 Å². The van der Waals surface area contributed by atoms with E-state index in [1.807, 2.05) is 11.0 Å². The van der Waals surface area contributed by atoms with Crippen LogP contribution in [0, 0.1) is 18.7 Å². The van der Waals surface area contributed by atoms with E-state index in [-0.39, 0.29) is 11.7 Å². The molecule has 23 heavy (non-hydrogen) atoms. The van der Waals surface area contributed by atoms with Crippen LogP contribution in [0.1, 0.15) is 27.9 Å². The van der Waals surface area contributed by atoms with Crippen LogP contribution < -0.4 is 0 Å². The number of nitrogens with zero attached hydrogens (tertiary/aromatic N) is 2. The van der Waals surface area contributed by atoms with E-state index in [0.29, 0.717) is 35.2 Å². The van der Waals surface area contributed by atoms with Gasteiger partial charge in [-0.25, -0.2) is 4.39 Å². The Morgan fingerprint density at radius 2 is 2.26 bits per heavy atom. The van der Waals surface area contributed by atoms with Gasteiger partial charge in [0, 0.05) is 25.5 Å². The summed E-state index contributed by atoms with van der Waals surface area (Å²) in [5.41, 5.74) is 2.13. The van der Waals surface area contributed by atoms with E-state index in [9.17, 15) is 9.18 Å². The minimum Gasteiger partial charge on any atom is -0.338 e. The third-order valence-corrected chi connectivity index (χ3v) is 4.64. The summed E-state index contributed by atoms with van der Waals surface area (Å²) < 4.78 is 13.6. The first kappa shape index (κ1) is 15.9. The van der Waals surface area contributed by atoms with Gasteiger partial charge < -0.3 is 4.90 Å². The van der Waals surface area contributed by atoms with Gasteiger partial charge in [-0.05, 0) is 48.9 Å². The second kappa shape index (κ2) is 6.67. The van der Waals surface area contributed by atoms with Crippen molar-refractivity contribution >= 4 is 17.5 Å². The maximum atomic E-state index is 13.6. The van der Waals surface area contributed by atoms with Gasteiger partial charge in [0.05, 0.1) is 10.6 Å². The Hall–Kier alpha value is -1.94. The summed E-state index contributed by atoms with van der Waals surface area (Å²) in [5.74, 6) is 0.119. The molecule has 1 aromatic carbocycles. The van der Waals surface area contributed by atoms with Gasteiger partial charge >= 0.3 is 0 Å². The van der Waals surface area contributed by atoms with Crippen molar-refractivity contribution in [2.45, 2.75) is 19.8 Å². The van der Waals surface area contributed by atoms with Crippen LogP contribution in [0.3, 0.4) is 0 Å². The summed E-state index contributed by atoms with van der Waals surface area (Å²) in [4.78, 5) is 18.2. The van der Waals surface area contributed by atoms with Gasteiger partial charge in [0.2, 0.25) is 0 Å². The number of hydrogen-bond acceptors (Lipinski definition) is 2. The lowest BCUT2D eigenvalue weighted by molar-refractivity contribution is 0.0787. The molecule has 0 saturated carbocycles. The number of aromatic nitrogens is 1. The van der Waals surface area contributed by atoms with Gasteiger partial charge in [-0.2, -0.15) is 0 Å². The summed E-state index contributed by atoms with van der Waals surface area (Å²) in [5, 5.41) is 0.376. The number of pyridine rings is 1. The molecule has 0 aliphatic carbocycles. The molecule has 1 amide bonds. The smallest absolute Gasteiger partial charge is 0.255 e. The summed E-state index contributed by atoms with van der Waals surface area (Å²) in [6.07, 6.45) is 4.76. The zero-order valence-electron chi connectivity index (χ0n) is 12.9. The van der Waals surface area contributed by atoms with Gasteiger partial charge in [-0.3, -0.25) is 9.78 Å². The lowest BCUT2D eigenvalue weighted by Gasteiger charge is -2.17. The van der Waals surface area contributed by atoms with Crippen molar-refractivity contribution < 1.29 is 9.18 Å². The van der Waals surface area contributed by atoms with Crippen LogP contribution in [0.5, 0.6) is 0 Å². The number of amides is 1. The molecule has 0 radical (unpaired) electrons.